The zero-order chi connectivity index (χ0) is 29.5. The highest BCUT2D eigenvalue weighted by Crippen LogP contribution is 2.33. The first kappa shape index (κ1) is 35.7. The average molecular weight is 519 g/mol. The number of hydrogen-bond acceptors (Lipinski definition) is 5. The molecule has 0 aromatic heterocycles. The molecule has 0 radical (unpaired) electrons. The molecule has 2 aromatic carbocycles. The van der Waals surface area contributed by atoms with E-state index in [0.717, 1.165) is 5.56 Å². The Balaban J connectivity index is 0. The minimum Gasteiger partial charge on any atom is -0.392 e. The number of nitrogens with one attached hydrogen (secondary N) is 1. The monoisotopic (exact) mass is 518 g/mol. The topological polar surface area (TPSA) is 107 Å². The lowest BCUT2D eigenvalue weighted by atomic mass is 9.84. The van der Waals surface area contributed by atoms with Crippen LogP contribution in [0.2, 0.25) is 0 Å². The number of aliphatic hydroxyl groups excluding tert-OH is 1. The molecule has 0 spiro atoms. The molecule has 1 amide bonds. The molecule has 0 aliphatic heterocycles. The predicted molar refractivity (Wildman–Crippen MR) is 144 cm³/mol. The number of hydrogen-bond donors (Lipinski definition) is 2. The number of halogens is 2. The molecule has 2 N–H and O–H groups in total. The highest BCUT2D eigenvalue weighted by Gasteiger charge is 2.24. The van der Waals surface area contributed by atoms with Crippen LogP contribution in [0.25, 0.3) is 0 Å². The lowest BCUT2D eigenvalue weighted by Gasteiger charge is -2.21. The van der Waals surface area contributed by atoms with Gasteiger partial charge in [0, 0.05) is 0 Å². The zero-order valence-electron chi connectivity index (χ0n) is 23.2. The van der Waals surface area contributed by atoms with E-state index in [9.17, 15) is 23.9 Å². The molecular formula is C29H40F2N2O4. The third-order valence-electron chi connectivity index (χ3n) is 5.40. The number of nitriles is 1. The first-order valence-electron chi connectivity index (χ1n) is 12.1. The summed E-state index contributed by atoms with van der Waals surface area (Å²) in [6, 6.07) is 6.15. The summed E-state index contributed by atoms with van der Waals surface area (Å²) in [5.41, 5.74) is 2.75. The number of rotatable bonds is 7. The maximum atomic E-state index is 14.9. The Bertz CT molecular complexity index is 1060. The molecule has 2 rings (SSSR count). The van der Waals surface area contributed by atoms with Gasteiger partial charge in [-0.05, 0) is 63.8 Å². The highest BCUT2D eigenvalue weighted by atomic mass is 19.1. The van der Waals surface area contributed by atoms with E-state index in [2.05, 4.69) is 5.32 Å². The Kier molecular flexibility index (Phi) is 17.3. The molecule has 0 unspecified atom stereocenters. The molecule has 8 heteroatoms. The van der Waals surface area contributed by atoms with E-state index in [1.54, 1.807) is 0 Å². The number of benzene rings is 2. The van der Waals surface area contributed by atoms with Gasteiger partial charge < -0.3 is 20.0 Å². The van der Waals surface area contributed by atoms with Crippen LogP contribution in [0.15, 0.2) is 18.2 Å². The van der Waals surface area contributed by atoms with Crippen LogP contribution in [0.5, 0.6) is 0 Å². The van der Waals surface area contributed by atoms with Crippen molar-refractivity contribution in [1.29, 1.82) is 5.26 Å². The van der Waals surface area contributed by atoms with Gasteiger partial charge in [-0.3, -0.25) is 4.79 Å². The Hall–Kier alpha value is -3.44. The zero-order valence-corrected chi connectivity index (χ0v) is 23.2. The molecule has 0 aliphatic carbocycles. The molecule has 0 heterocycles. The third-order valence-corrected chi connectivity index (χ3v) is 5.40. The van der Waals surface area contributed by atoms with Gasteiger partial charge in [-0.25, -0.2) is 8.78 Å². The second kappa shape index (κ2) is 17.9. The van der Waals surface area contributed by atoms with Crippen molar-refractivity contribution in [3.05, 3.63) is 63.2 Å². The molecule has 0 saturated heterocycles. The van der Waals surface area contributed by atoms with Crippen LogP contribution in [-0.4, -0.2) is 24.6 Å². The number of amides is 1. The molecule has 6 nitrogen and oxygen atoms in total. The van der Waals surface area contributed by atoms with Crippen molar-refractivity contribution in [2.45, 2.75) is 86.2 Å². The summed E-state index contributed by atoms with van der Waals surface area (Å²) in [5.74, 6) is -1.95. The van der Waals surface area contributed by atoms with E-state index in [1.165, 1.54) is 18.2 Å². The molecule has 0 bridgehead atoms. The van der Waals surface area contributed by atoms with Crippen LogP contribution in [0.3, 0.4) is 0 Å². The quantitative estimate of drug-likeness (QED) is 0.433. The first-order chi connectivity index (χ1) is 17.5. The molecule has 37 heavy (non-hydrogen) atoms. The van der Waals surface area contributed by atoms with Crippen molar-refractivity contribution in [1.82, 2.24) is 0 Å². The number of nitrogens with zero attached hydrogens (tertiary/aromatic N) is 1. The molecule has 204 valence electrons. The van der Waals surface area contributed by atoms with Crippen molar-refractivity contribution in [3.63, 3.8) is 0 Å². The second-order valence-corrected chi connectivity index (χ2v) is 8.71. The third kappa shape index (κ3) is 9.51. The van der Waals surface area contributed by atoms with Gasteiger partial charge in [0.2, 0.25) is 5.91 Å². The summed E-state index contributed by atoms with van der Waals surface area (Å²) in [4.78, 5) is 28.8. The van der Waals surface area contributed by atoms with Crippen LogP contribution < -0.4 is 5.32 Å². The van der Waals surface area contributed by atoms with Crippen LogP contribution in [0.1, 0.15) is 107 Å². The minimum absolute atomic E-state index is 0.0187. The SMILES string of the molecule is C=O.C=O.CC.CC(C)c1cc(F)c(NC(=O)Cc2c(C(C)C)cc(C#N)c(F)c2C(C)C)cc1CO. The van der Waals surface area contributed by atoms with Gasteiger partial charge in [0.25, 0.3) is 0 Å². The highest BCUT2D eigenvalue weighted by molar-refractivity contribution is 5.93. The van der Waals surface area contributed by atoms with E-state index in [1.807, 2.05) is 75.0 Å². The van der Waals surface area contributed by atoms with E-state index < -0.39 is 17.5 Å². The minimum atomic E-state index is -0.611. The maximum absolute atomic E-state index is 14.9. The molecule has 0 aliphatic rings. The largest absolute Gasteiger partial charge is 0.392 e. The van der Waals surface area contributed by atoms with Gasteiger partial charge in [0.1, 0.15) is 31.3 Å². The van der Waals surface area contributed by atoms with Crippen LogP contribution in [-0.2, 0) is 27.4 Å². The molecule has 2 aromatic rings. The van der Waals surface area contributed by atoms with Gasteiger partial charge >= 0.3 is 0 Å². The number of aliphatic hydroxyl groups is 1. The van der Waals surface area contributed by atoms with Gasteiger partial charge in [-0.1, -0.05) is 55.4 Å². The predicted octanol–water partition coefficient (Wildman–Crippen LogP) is 6.54. The summed E-state index contributed by atoms with van der Waals surface area (Å²) in [6.07, 6.45) is -0.149. The van der Waals surface area contributed by atoms with Crippen molar-refractivity contribution >= 4 is 25.2 Å². The lowest BCUT2D eigenvalue weighted by molar-refractivity contribution is -0.115. The second-order valence-electron chi connectivity index (χ2n) is 8.71. The van der Waals surface area contributed by atoms with E-state index in [-0.39, 0.29) is 42.0 Å². The Morgan fingerprint density at radius 2 is 1.46 bits per heavy atom. The Labute approximate surface area is 219 Å². The number of carbonyl (C=O) groups excluding carboxylic acids is 3. The van der Waals surface area contributed by atoms with Gasteiger partial charge in [-0.15, -0.1) is 0 Å². The van der Waals surface area contributed by atoms with E-state index >= 15 is 0 Å². The maximum Gasteiger partial charge on any atom is 0.228 e. The van der Waals surface area contributed by atoms with E-state index in [0.29, 0.717) is 22.3 Å². The standard InChI is InChI=1S/C25H30F2N2O2.C2H6.2CH2O/c1-13(2)18-9-21(26)22(8-17(18)12-30)29-23(31)10-20-19(14(3)4)7-16(11-28)25(27)24(20)15(5)6;3*1-2/h7-9,13-15,30H,10,12H2,1-6H3,(H,29,31);1-2H3;2*1H2. The lowest BCUT2D eigenvalue weighted by Crippen LogP contribution is -2.20. The first-order valence-corrected chi connectivity index (χ1v) is 12.1. The normalized spacial score (nSPS) is 9.86. The van der Waals surface area contributed by atoms with Gasteiger partial charge in [-0.2, -0.15) is 5.26 Å². The molecule has 0 saturated carbocycles. The van der Waals surface area contributed by atoms with Crippen molar-refractivity contribution < 1.29 is 28.3 Å². The summed E-state index contributed by atoms with van der Waals surface area (Å²) in [7, 11) is 0. The van der Waals surface area contributed by atoms with Crippen molar-refractivity contribution in [3.8, 4) is 6.07 Å². The van der Waals surface area contributed by atoms with Gasteiger partial charge in [0.15, 0.2) is 0 Å². The fourth-order valence-electron chi connectivity index (χ4n) is 3.89. The molecule has 0 fully saturated rings. The van der Waals surface area contributed by atoms with Crippen LogP contribution in [0, 0.1) is 23.0 Å². The summed E-state index contributed by atoms with van der Waals surface area (Å²) >= 11 is 0. The van der Waals surface area contributed by atoms with E-state index in [4.69, 9.17) is 9.59 Å². The summed E-state index contributed by atoms with van der Waals surface area (Å²) in [5, 5.41) is 21.5. The average Bonchev–Trinajstić information content (AvgIpc) is 2.88. The van der Waals surface area contributed by atoms with Crippen molar-refractivity contribution in [2.75, 3.05) is 5.32 Å². The smallest absolute Gasteiger partial charge is 0.228 e. The fraction of sp³-hybridized carbons (Fsp3) is 0.448. The Morgan fingerprint density at radius 1 is 0.946 bits per heavy atom. The number of carbonyl (C=O) groups is 3. The fourth-order valence-corrected chi connectivity index (χ4v) is 3.89. The summed E-state index contributed by atoms with van der Waals surface area (Å²) in [6.45, 7) is 19.0. The van der Waals surface area contributed by atoms with Crippen LogP contribution >= 0.6 is 0 Å². The molecule has 0 atom stereocenters. The Morgan fingerprint density at radius 3 is 1.86 bits per heavy atom. The summed E-state index contributed by atoms with van der Waals surface area (Å²) < 4.78 is 29.6. The van der Waals surface area contributed by atoms with Crippen molar-refractivity contribution in [2.24, 2.45) is 0 Å². The van der Waals surface area contributed by atoms with Gasteiger partial charge in [0.05, 0.1) is 24.3 Å². The molecular weight excluding hydrogens is 478 g/mol. The van der Waals surface area contributed by atoms with Crippen LogP contribution in [0.4, 0.5) is 14.5 Å². The number of anilines is 1.